The number of unbranched alkanes of at least 4 members (excludes halogenated alkanes) is 3. The van der Waals surface area contributed by atoms with Crippen LogP contribution < -0.4 is 0 Å². The minimum atomic E-state index is -1.04. The van der Waals surface area contributed by atoms with Gasteiger partial charge in [0, 0.05) is 0 Å². The Morgan fingerprint density at radius 1 is 0.821 bits per heavy atom. The number of hydrogen-bond acceptors (Lipinski definition) is 3. The largest absolute Gasteiger partial charge is 0.478 e. The second-order valence-corrected chi connectivity index (χ2v) is 8.62. The van der Waals surface area contributed by atoms with Crippen molar-refractivity contribution in [2.24, 2.45) is 11.8 Å². The standard InChI is InChI=1S/C24H38O4/c1-18(2)11-6-5-7-15-22(16-9-8-12-19(3)4)28-24(27)21-14-10-13-20(17-21)23(25)26/h10,13-14,17-19,22H,5-9,11-12,15-16H2,1-4H3,(H,25,26). The van der Waals surface area contributed by atoms with Crippen LogP contribution in [0.15, 0.2) is 24.3 Å². The molecule has 0 bridgehead atoms. The Bertz CT molecular complexity index is 592. The summed E-state index contributed by atoms with van der Waals surface area (Å²) in [6.45, 7) is 8.93. The van der Waals surface area contributed by atoms with Crippen LogP contribution in [-0.4, -0.2) is 23.1 Å². The number of benzene rings is 1. The highest BCUT2D eigenvalue weighted by molar-refractivity contribution is 5.94. The second-order valence-electron chi connectivity index (χ2n) is 8.62. The molecule has 4 heteroatoms. The first kappa shape index (κ1) is 24.2. The van der Waals surface area contributed by atoms with Gasteiger partial charge in [-0.25, -0.2) is 9.59 Å². The second kappa shape index (κ2) is 13.4. The zero-order chi connectivity index (χ0) is 20.9. The molecule has 0 aliphatic carbocycles. The topological polar surface area (TPSA) is 63.6 Å². The van der Waals surface area contributed by atoms with Crippen molar-refractivity contribution in [2.45, 2.75) is 91.6 Å². The third-order valence-electron chi connectivity index (χ3n) is 4.98. The summed E-state index contributed by atoms with van der Waals surface area (Å²) in [4.78, 5) is 23.7. The molecule has 0 aliphatic rings. The van der Waals surface area contributed by atoms with Crippen molar-refractivity contribution < 1.29 is 19.4 Å². The summed E-state index contributed by atoms with van der Waals surface area (Å²) in [6, 6.07) is 6.08. The summed E-state index contributed by atoms with van der Waals surface area (Å²) in [5.74, 6) is -0.0360. The first-order chi connectivity index (χ1) is 13.3. The lowest BCUT2D eigenvalue weighted by Gasteiger charge is -2.18. The van der Waals surface area contributed by atoms with Crippen molar-refractivity contribution >= 4 is 11.9 Å². The van der Waals surface area contributed by atoms with Crippen LogP contribution in [0.1, 0.15) is 106 Å². The van der Waals surface area contributed by atoms with E-state index in [1.165, 1.54) is 31.4 Å². The summed E-state index contributed by atoms with van der Waals surface area (Å²) in [5, 5.41) is 9.11. The number of rotatable bonds is 14. The van der Waals surface area contributed by atoms with E-state index in [4.69, 9.17) is 9.84 Å². The molecule has 1 unspecified atom stereocenters. The molecule has 158 valence electrons. The van der Waals surface area contributed by atoms with Crippen LogP contribution in [0.25, 0.3) is 0 Å². The van der Waals surface area contributed by atoms with Crippen molar-refractivity contribution in [1.82, 2.24) is 0 Å². The van der Waals surface area contributed by atoms with E-state index in [-0.39, 0.29) is 11.7 Å². The lowest BCUT2D eigenvalue weighted by molar-refractivity contribution is 0.0248. The molecule has 0 fully saturated rings. The van der Waals surface area contributed by atoms with E-state index in [0.29, 0.717) is 11.5 Å². The predicted molar refractivity (Wildman–Crippen MR) is 114 cm³/mol. The highest BCUT2D eigenvalue weighted by Gasteiger charge is 2.17. The minimum absolute atomic E-state index is 0.0906. The third kappa shape index (κ3) is 10.5. The number of ether oxygens (including phenoxy) is 1. The van der Waals surface area contributed by atoms with Gasteiger partial charge in [-0.15, -0.1) is 0 Å². The molecule has 0 saturated heterocycles. The minimum Gasteiger partial charge on any atom is -0.478 e. The summed E-state index contributed by atoms with van der Waals surface area (Å²) in [5.41, 5.74) is 0.420. The van der Waals surface area contributed by atoms with E-state index >= 15 is 0 Å². The molecule has 0 spiro atoms. The van der Waals surface area contributed by atoms with E-state index in [9.17, 15) is 9.59 Å². The molecular formula is C24H38O4. The average Bonchev–Trinajstić information content (AvgIpc) is 2.64. The molecule has 28 heavy (non-hydrogen) atoms. The Kier molecular flexibility index (Phi) is 11.5. The first-order valence-electron chi connectivity index (χ1n) is 10.8. The summed E-state index contributed by atoms with van der Waals surface area (Å²) in [6.07, 6.45) is 9.72. The van der Waals surface area contributed by atoms with Gasteiger partial charge in [-0.3, -0.25) is 0 Å². The molecule has 0 aromatic heterocycles. The molecule has 1 aromatic carbocycles. The fourth-order valence-corrected chi connectivity index (χ4v) is 3.29. The molecule has 0 radical (unpaired) electrons. The normalized spacial score (nSPS) is 12.4. The van der Waals surface area contributed by atoms with Crippen LogP contribution in [0.5, 0.6) is 0 Å². The van der Waals surface area contributed by atoms with Crippen LogP contribution in [0, 0.1) is 11.8 Å². The fraction of sp³-hybridized carbons (Fsp3) is 0.667. The molecule has 1 aromatic rings. The van der Waals surface area contributed by atoms with Crippen LogP contribution in [0.3, 0.4) is 0 Å². The highest BCUT2D eigenvalue weighted by Crippen LogP contribution is 2.19. The Morgan fingerprint density at radius 3 is 1.89 bits per heavy atom. The molecular weight excluding hydrogens is 352 g/mol. The van der Waals surface area contributed by atoms with Gasteiger partial charge >= 0.3 is 11.9 Å². The Morgan fingerprint density at radius 2 is 1.32 bits per heavy atom. The lowest BCUT2D eigenvalue weighted by atomic mass is 9.99. The van der Waals surface area contributed by atoms with Gasteiger partial charge < -0.3 is 9.84 Å². The molecule has 0 heterocycles. The van der Waals surface area contributed by atoms with Crippen LogP contribution in [0.4, 0.5) is 0 Å². The van der Waals surface area contributed by atoms with Gasteiger partial charge in [-0.05, 0) is 55.7 Å². The van der Waals surface area contributed by atoms with Crippen LogP contribution in [-0.2, 0) is 4.74 Å². The maximum Gasteiger partial charge on any atom is 0.338 e. The predicted octanol–water partition coefficient (Wildman–Crippen LogP) is 6.73. The Balaban J connectivity index is 2.59. The van der Waals surface area contributed by atoms with E-state index < -0.39 is 11.9 Å². The van der Waals surface area contributed by atoms with E-state index in [1.807, 2.05) is 0 Å². The molecule has 0 amide bonds. The number of carbonyl (C=O) groups excluding carboxylic acids is 1. The molecule has 4 nitrogen and oxygen atoms in total. The number of carbonyl (C=O) groups is 2. The van der Waals surface area contributed by atoms with Gasteiger partial charge in [-0.1, -0.05) is 65.9 Å². The SMILES string of the molecule is CC(C)CCCCCC(CCCCC(C)C)OC(=O)c1cccc(C(=O)O)c1. The third-order valence-corrected chi connectivity index (χ3v) is 4.98. The molecule has 1 rings (SSSR count). The first-order valence-corrected chi connectivity index (χ1v) is 10.8. The van der Waals surface area contributed by atoms with Crippen molar-refractivity contribution in [2.75, 3.05) is 0 Å². The molecule has 0 saturated carbocycles. The van der Waals surface area contributed by atoms with E-state index in [0.717, 1.165) is 44.4 Å². The van der Waals surface area contributed by atoms with Gasteiger partial charge in [0.2, 0.25) is 0 Å². The van der Waals surface area contributed by atoms with E-state index in [1.54, 1.807) is 12.1 Å². The number of aromatic carboxylic acids is 1. The highest BCUT2D eigenvalue weighted by atomic mass is 16.5. The van der Waals surface area contributed by atoms with Gasteiger partial charge in [0.25, 0.3) is 0 Å². The number of carboxylic acid groups (broad SMARTS) is 1. The Labute approximate surface area is 170 Å². The summed E-state index contributed by atoms with van der Waals surface area (Å²) in [7, 11) is 0. The maximum atomic E-state index is 12.5. The van der Waals surface area contributed by atoms with Crippen molar-refractivity contribution in [3.63, 3.8) is 0 Å². The fourth-order valence-electron chi connectivity index (χ4n) is 3.29. The maximum absolute atomic E-state index is 12.5. The monoisotopic (exact) mass is 390 g/mol. The van der Waals surface area contributed by atoms with Crippen molar-refractivity contribution in [3.8, 4) is 0 Å². The van der Waals surface area contributed by atoms with Gasteiger partial charge in [0.15, 0.2) is 0 Å². The van der Waals surface area contributed by atoms with Gasteiger partial charge in [0.1, 0.15) is 6.10 Å². The van der Waals surface area contributed by atoms with Crippen molar-refractivity contribution in [3.05, 3.63) is 35.4 Å². The zero-order valence-corrected chi connectivity index (χ0v) is 18.1. The number of esters is 1. The van der Waals surface area contributed by atoms with Gasteiger partial charge in [0.05, 0.1) is 11.1 Å². The lowest BCUT2D eigenvalue weighted by Crippen LogP contribution is -2.19. The number of hydrogen-bond donors (Lipinski definition) is 1. The van der Waals surface area contributed by atoms with Gasteiger partial charge in [-0.2, -0.15) is 0 Å². The Hall–Kier alpha value is -1.84. The van der Waals surface area contributed by atoms with Crippen molar-refractivity contribution in [1.29, 1.82) is 0 Å². The average molecular weight is 391 g/mol. The quantitative estimate of drug-likeness (QED) is 0.282. The van der Waals surface area contributed by atoms with E-state index in [2.05, 4.69) is 27.7 Å². The van der Waals surface area contributed by atoms with Crippen LogP contribution >= 0.6 is 0 Å². The van der Waals surface area contributed by atoms with Crippen LogP contribution in [0.2, 0.25) is 0 Å². The number of carboxylic acids is 1. The summed E-state index contributed by atoms with van der Waals surface area (Å²) >= 11 is 0. The molecule has 0 aliphatic heterocycles. The molecule has 1 N–H and O–H groups in total. The molecule has 1 atom stereocenters. The smallest absolute Gasteiger partial charge is 0.338 e. The zero-order valence-electron chi connectivity index (χ0n) is 18.1. The summed E-state index contributed by atoms with van der Waals surface area (Å²) < 4.78 is 5.77.